The molecule has 4 aromatic rings. The molecule has 0 spiro atoms. The van der Waals surface area contributed by atoms with Crippen LogP contribution < -0.4 is 26.8 Å². The van der Waals surface area contributed by atoms with E-state index in [0.29, 0.717) is 35.9 Å². The molecule has 1 saturated heterocycles. The Labute approximate surface area is 193 Å². The van der Waals surface area contributed by atoms with Gasteiger partial charge in [0.15, 0.2) is 17.2 Å². The van der Waals surface area contributed by atoms with Gasteiger partial charge in [-0.2, -0.15) is 0 Å². The number of fused-ring (bicyclic) bond motifs is 1. The summed E-state index contributed by atoms with van der Waals surface area (Å²) < 4.78 is 2.79. The van der Waals surface area contributed by atoms with E-state index in [1.807, 2.05) is 0 Å². The van der Waals surface area contributed by atoms with Crippen molar-refractivity contribution in [3.05, 3.63) is 71.0 Å². The van der Waals surface area contributed by atoms with Gasteiger partial charge in [0.25, 0.3) is 11.5 Å². The highest BCUT2D eigenvalue weighted by Crippen LogP contribution is 2.22. The maximum Gasteiger partial charge on any atom is 0.279 e. The van der Waals surface area contributed by atoms with Crippen molar-refractivity contribution in [2.75, 3.05) is 24.2 Å². The van der Waals surface area contributed by atoms with Gasteiger partial charge >= 0.3 is 0 Å². The number of anilines is 3. The predicted molar refractivity (Wildman–Crippen MR) is 125 cm³/mol. The largest absolute Gasteiger partial charge is 0.385 e. The van der Waals surface area contributed by atoms with Crippen LogP contribution in [-0.4, -0.2) is 55.6 Å². The fraction of sp³-hybridized carbons (Fsp3) is 0.182. The molecular formula is C22H21N9O3. The molecule has 12 nitrogen and oxygen atoms in total. The fourth-order valence-corrected chi connectivity index (χ4v) is 3.74. The van der Waals surface area contributed by atoms with Gasteiger partial charge in [0.05, 0.1) is 11.9 Å². The number of nitrogens with zero attached hydrogens (tertiary/aromatic N) is 5. The van der Waals surface area contributed by atoms with E-state index in [-0.39, 0.29) is 22.8 Å². The van der Waals surface area contributed by atoms with Gasteiger partial charge in [-0.05, 0) is 30.7 Å². The van der Waals surface area contributed by atoms with E-state index in [1.54, 1.807) is 55.8 Å². The minimum Gasteiger partial charge on any atom is -0.385 e. The number of hydrogen-bond donors (Lipinski definition) is 4. The van der Waals surface area contributed by atoms with Gasteiger partial charge in [0.2, 0.25) is 5.91 Å². The molecule has 1 fully saturated rings. The van der Waals surface area contributed by atoms with E-state index >= 15 is 0 Å². The minimum absolute atomic E-state index is 0.161. The first-order valence-electron chi connectivity index (χ1n) is 10.6. The second-order valence-electron chi connectivity index (χ2n) is 7.59. The van der Waals surface area contributed by atoms with Crippen molar-refractivity contribution >= 4 is 34.7 Å². The Morgan fingerprint density at radius 2 is 2.03 bits per heavy atom. The van der Waals surface area contributed by atoms with Gasteiger partial charge in [-0.3, -0.25) is 19.0 Å². The first-order chi connectivity index (χ1) is 16.5. The van der Waals surface area contributed by atoms with Crippen molar-refractivity contribution < 1.29 is 9.59 Å². The molecule has 34 heavy (non-hydrogen) atoms. The first-order valence-corrected chi connectivity index (χ1v) is 10.6. The van der Waals surface area contributed by atoms with Crippen LogP contribution in [0.1, 0.15) is 16.9 Å². The van der Waals surface area contributed by atoms with Gasteiger partial charge in [-0.1, -0.05) is 6.07 Å². The van der Waals surface area contributed by atoms with Crippen LogP contribution in [-0.2, 0) is 4.79 Å². The number of aromatic nitrogens is 5. The maximum absolute atomic E-state index is 13.0. The molecule has 5 heterocycles. The van der Waals surface area contributed by atoms with Crippen molar-refractivity contribution in [3.63, 3.8) is 0 Å². The number of carbonyl (C=O) groups excluding carboxylic acids is 2. The Morgan fingerprint density at radius 3 is 2.76 bits per heavy atom. The summed E-state index contributed by atoms with van der Waals surface area (Å²) in [5.41, 5.74) is 1.14. The lowest BCUT2D eigenvalue weighted by molar-refractivity contribution is -0.120. The lowest BCUT2D eigenvalue weighted by Gasteiger charge is -2.12. The second-order valence-corrected chi connectivity index (χ2v) is 7.59. The third kappa shape index (κ3) is 3.81. The zero-order chi connectivity index (χ0) is 23.7. The highest BCUT2D eigenvalue weighted by Gasteiger charge is 2.27. The van der Waals surface area contributed by atoms with Crippen molar-refractivity contribution in [2.45, 2.75) is 12.5 Å². The summed E-state index contributed by atoms with van der Waals surface area (Å²) in [6.45, 7) is 0.514. The van der Waals surface area contributed by atoms with Crippen LogP contribution in [0.2, 0.25) is 0 Å². The number of rotatable bonds is 6. The average molecular weight is 459 g/mol. The van der Waals surface area contributed by atoms with E-state index in [2.05, 4.69) is 36.3 Å². The molecule has 0 radical (unpaired) electrons. The molecule has 1 atom stereocenters. The van der Waals surface area contributed by atoms with E-state index in [4.69, 9.17) is 0 Å². The van der Waals surface area contributed by atoms with Gasteiger partial charge in [0.1, 0.15) is 17.5 Å². The third-order valence-electron chi connectivity index (χ3n) is 5.43. The molecule has 0 aliphatic carbocycles. The molecule has 1 aliphatic rings. The fourth-order valence-electron chi connectivity index (χ4n) is 3.74. The van der Waals surface area contributed by atoms with Crippen molar-refractivity contribution in [2.24, 2.45) is 0 Å². The zero-order valence-corrected chi connectivity index (χ0v) is 18.1. The van der Waals surface area contributed by atoms with Crippen LogP contribution in [0, 0.1) is 0 Å². The Bertz CT molecular complexity index is 1450. The maximum atomic E-state index is 13.0. The average Bonchev–Trinajstić information content (AvgIpc) is 3.46. The van der Waals surface area contributed by atoms with E-state index in [9.17, 15) is 14.4 Å². The Hall–Kier alpha value is -4.74. The molecule has 5 rings (SSSR count). The van der Waals surface area contributed by atoms with Crippen molar-refractivity contribution in [1.29, 1.82) is 0 Å². The predicted octanol–water partition coefficient (Wildman–Crippen LogP) is 0.679. The van der Waals surface area contributed by atoms with Crippen LogP contribution >= 0.6 is 0 Å². The summed E-state index contributed by atoms with van der Waals surface area (Å²) in [5.74, 6) is 0.110. The Kier molecular flexibility index (Phi) is 5.38. The SMILES string of the molecule is CNc1cc(Nc2cccn(-c3ccccn3)c2=O)nn2c(C(=O)N[C@@H]3CCNC3=O)cnc12. The molecule has 0 saturated carbocycles. The van der Waals surface area contributed by atoms with Gasteiger partial charge < -0.3 is 21.3 Å². The molecule has 4 N–H and O–H groups in total. The lowest BCUT2D eigenvalue weighted by atomic mass is 10.2. The normalized spacial score (nSPS) is 15.2. The molecule has 0 bridgehead atoms. The lowest BCUT2D eigenvalue weighted by Crippen LogP contribution is -2.40. The van der Waals surface area contributed by atoms with Crippen LogP contribution in [0.15, 0.2) is 59.8 Å². The Balaban J connectivity index is 1.50. The van der Waals surface area contributed by atoms with Crippen LogP contribution in [0.4, 0.5) is 17.2 Å². The molecule has 0 aromatic carbocycles. The number of pyridine rings is 2. The first kappa shape index (κ1) is 21.1. The summed E-state index contributed by atoms with van der Waals surface area (Å²) in [5, 5.41) is 15.9. The number of imidazole rings is 1. The molecular weight excluding hydrogens is 438 g/mol. The zero-order valence-electron chi connectivity index (χ0n) is 18.1. The smallest absolute Gasteiger partial charge is 0.279 e. The third-order valence-corrected chi connectivity index (χ3v) is 5.43. The van der Waals surface area contributed by atoms with Crippen LogP contribution in [0.25, 0.3) is 11.5 Å². The summed E-state index contributed by atoms with van der Waals surface area (Å²) >= 11 is 0. The molecule has 4 aromatic heterocycles. The van der Waals surface area contributed by atoms with Gasteiger partial charge in [-0.15, -0.1) is 5.10 Å². The molecule has 0 unspecified atom stereocenters. The van der Waals surface area contributed by atoms with Crippen molar-refractivity contribution in [1.82, 2.24) is 34.8 Å². The highest BCUT2D eigenvalue weighted by atomic mass is 16.2. The molecule has 12 heteroatoms. The topological polar surface area (TPSA) is 147 Å². The van der Waals surface area contributed by atoms with Crippen molar-refractivity contribution in [3.8, 4) is 5.82 Å². The van der Waals surface area contributed by atoms with Gasteiger partial charge in [-0.25, -0.2) is 14.5 Å². The summed E-state index contributed by atoms with van der Waals surface area (Å²) in [4.78, 5) is 46.3. The van der Waals surface area contributed by atoms with Crippen LogP contribution in [0.5, 0.6) is 0 Å². The minimum atomic E-state index is -0.600. The summed E-state index contributed by atoms with van der Waals surface area (Å²) in [6.07, 6.45) is 5.14. The summed E-state index contributed by atoms with van der Waals surface area (Å²) in [7, 11) is 1.72. The quantitative estimate of drug-likeness (QED) is 0.329. The number of carbonyl (C=O) groups is 2. The summed E-state index contributed by atoms with van der Waals surface area (Å²) in [6, 6.07) is 9.74. The number of amides is 2. The van der Waals surface area contributed by atoms with Crippen LogP contribution in [0.3, 0.4) is 0 Å². The molecule has 1 aliphatic heterocycles. The second kappa shape index (κ2) is 8.65. The van der Waals surface area contributed by atoms with Gasteiger partial charge in [0, 0.05) is 32.1 Å². The molecule has 2 amide bonds. The highest BCUT2D eigenvalue weighted by molar-refractivity contribution is 5.97. The van der Waals surface area contributed by atoms with E-state index < -0.39 is 11.9 Å². The Morgan fingerprint density at radius 1 is 1.15 bits per heavy atom. The van der Waals surface area contributed by atoms with E-state index in [1.165, 1.54) is 15.3 Å². The standard InChI is InChI=1S/C22H21N9O3/c1-23-15-11-17(27-14-5-4-10-30(22(14)34)18-6-2-3-8-24-18)29-31-16(12-26-19(15)31)21(33)28-13-7-9-25-20(13)32/h2-6,8,10-13,23H,7,9H2,1H3,(H,25,32)(H,27,29)(H,28,33)/t13-/m1/s1. The molecule has 172 valence electrons. The van der Waals surface area contributed by atoms with E-state index in [0.717, 1.165) is 0 Å². The number of hydrogen-bond acceptors (Lipinski definition) is 8. The number of nitrogens with one attached hydrogen (secondary N) is 4. The monoisotopic (exact) mass is 459 g/mol.